The normalized spacial score (nSPS) is 10.6. The molecule has 0 aromatic heterocycles. The summed E-state index contributed by atoms with van der Waals surface area (Å²) in [7, 11) is 1.73. The zero-order chi connectivity index (χ0) is 14.5. The molecule has 0 aliphatic carbocycles. The Balaban J connectivity index is 2.17. The van der Waals surface area contributed by atoms with Crippen LogP contribution in [0.25, 0.3) is 0 Å². The van der Waals surface area contributed by atoms with Crippen LogP contribution in [0.2, 0.25) is 0 Å². The molecular formula is C18H23NO. The van der Waals surface area contributed by atoms with Crippen LogP contribution in [0, 0.1) is 20.8 Å². The van der Waals surface area contributed by atoms with Crippen LogP contribution >= 0.6 is 0 Å². The molecule has 0 radical (unpaired) electrons. The average molecular weight is 269 g/mol. The molecule has 0 heterocycles. The van der Waals surface area contributed by atoms with Gasteiger partial charge in [0.2, 0.25) is 0 Å². The quantitative estimate of drug-likeness (QED) is 0.870. The molecule has 0 spiro atoms. The number of hydrogen-bond acceptors (Lipinski definition) is 2. The molecular weight excluding hydrogens is 246 g/mol. The third kappa shape index (κ3) is 3.40. The summed E-state index contributed by atoms with van der Waals surface area (Å²) < 4.78 is 5.24. The molecule has 2 rings (SSSR count). The lowest BCUT2D eigenvalue weighted by Crippen LogP contribution is -2.06. The Morgan fingerprint density at radius 2 is 1.65 bits per heavy atom. The van der Waals surface area contributed by atoms with Crippen LogP contribution < -0.4 is 5.32 Å². The Kier molecular flexibility index (Phi) is 4.80. The molecule has 2 aromatic carbocycles. The second-order valence-corrected chi connectivity index (χ2v) is 5.32. The maximum Gasteiger partial charge on any atom is 0.0733 e. The highest BCUT2D eigenvalue weighted by Crippen LogP contribution is 2.20. The smallest absolute Gasteiger partial charge is 0.0733 e. The van der Waals surface area contributed by atoms with Crippen LogP contribution in [-0.4, -0.2) is 7.11 Å². The van der Waals surface area contributed by atoms with Crippen molar-refractivity contribution in [2.24, 2.45) is 0 Å². The average Bonchev–Trinajstić information content (AvgIpc) is 2.39. The van der Waals surface area contributed by atoms with Crippen LogP contribution in [0.4, 0.5) is 5.69 Å². The molecule has 2 aromatic rings. The third-order valence-electron chi connectivity index (χ3n) is 3.61. The summed E-state index contributed by atoms with van der Waals surface area (Å²) in [5.41, 5.74) is 7.73. The monoisotopic (exact) mass is 269 g/mol. The third-order valence-corrected chi connectivity index (χ3v) is 3.61. The Morgan fingerprint density at radius 3 is 2.30 bits per heavy atom. The predicted octanol–water partition coefficient (Wildman–Crippen LogP) is 4.37. The van der Waals surface area contributed by atoms with E-state index in [-0.39, 0.29) is 0 Å². The number of anilines is 1. The van der Waals surface area contributed by atoms with Crippen molar-refractivity contribution in [3.8, 4) is 0 Å². The Bertz CT molecular complexity index is 567. The van der Waals surface area contributed by atoms with Crippen molar-refractivity contribution in [3.63, 3.8) is 0 Å². The molecule has 0 unspecified atom stereocenters. The molecule has 20 heavy (non-hydrogen) atoms. The van der Waals surface area contributed by atoms with Gasteiger partial charge in [0.1, 0.15) is 0 Å². The summed E-state index contributed by atoms with van der Waals surface area (Å²) in [6.45, 7) is 7.98. The van der Waals surface area contributed by atoms with Gasteiger partial charge in [-0.15, -0.1) is 0 Å². The number of hydrogen-bond donors (Lipinski definition) is 1. The van der Waals surface area contributed by atoms with E-state index < -0.39 is 0 Å². The summed E-state index contributed by atoms with van der Waals surface area (Å²) in [6.07, 6.45) is 0. The van der Waals surface area contributed by atoms with Crippen LogP contribution in [0.15, 0.2) is 36.4 Å². The first-order chi connectivity index (χ1) is 9.61. The summed E-state index contributed by atoms with van der Waals surface area (Å²) >= 11 is 0. The minimum Gasteiger partial charge on any atom is -0.381 e. The summed E-state index contributed by atoms with van der Waals surface area (Å²) in [5, 5.41) is 3.54. The first kappa shape index (κ1) is 14.6. The van der Waals surface area contributed by atoms with E-state index >= 15 is 0 Å². The lowest BCUT2D eigenvalue weighted by Gasteiger charge is -2.15. The highest BCUT2D eigenvalue weighted by atomic mass is 16.5. The van der Waals surface area contributed by atoms with Gasteiger partial charge in [0.15, 0.2) is 0 Å². The van der Waals surface area contributed by atoms with Gasteiger partial charge in [-0.2, -0.15) is 0 Å². The number of nitrogens with one attached hydrogen (secondary N) is 1. The molecule has 0 aliphatic heterocycles. The molecule has 2 heteroatoms. The van der Waals surface area contributed by atoms with Crippen LogP contribution in [0.3, 0.4) is 0 Å². The molecule has 0 amide bonds. The van der Waals surface area contributed by atoms with Crippen molar-refractivity contribution in [1.29, 1.82) is 0 Å². The van der Waals surface area contributed by atoms with Crippen molar-refractivity contribution in [1.82, 2.24) is 0 Å². The van der Waals surface area contributed by atoms with Gasteiger partial charge in [0.05, 0.1) is 6.61 Å². The van der Waals surface area contributed by atoms with E-state index in [0.717, 1.165) is 12.2 Å². The SMILES string of the molecule is COCc1ccccc1NCc1c(C)cc(C)cc1C. The van der Waals surface area contributed by atoms with E-state index in [1.165, 1.54) is 27.8 Å². The molecule has 2 nitrogen and oxygen atoms in total. The fourth-order valence-corrected chi connectivity index (χ4v) is 2.65. The summed E-state index contributed by atoms with van der Waals surface area (Å²) in [4.78, 5) is 0. The minimum absolute atomic E-state index is 0.634. The molecule has 0 saturated carbocycles. The van der Waals surface area contributed by atoms with E-state index in [0.29, 0.717) is 6.61 Å². The van der Waals surface area contributed by atoms with Crippen molar-refractivity contribution >= 4 is 5.69 Å². The Morgan fingerprint density at radius 1 is 1.00 bits per heavy atom. The van der Waals surface area contributed by atoms with E-state index in [4.69, 9.17) is 4.74 Å². The molecule has 1 N–H and O–H groups in total. The molecule has 0 saturated heterocycles. The lowest BCUT2D eigenvalue weighted by atomic mass is 9.99. The number of aryl methyl sites for hydroxylation is 3. The van der Waals surface area contributed by atoms with Crippen LogP contribution in [0.1, 0.15) is 27.8 Å². The van der Waals surface area contributed by atoms with Crippen molar-refractivity contribution in [3.05, 3.63) is 64.2 Å². The molecule has 0 atom stereocenters. The minimum atomic E-state index is 0.634. The van der Waals surface area contributed by atoms with Crippen molar-refractivity contribution in [2.75, 3.05) is 12.4 Å². The largest absolute Gasteiger partial charge is 0.381 e. The summed E-state index contributed by atoms with van der Waals surface area (Å²) in [6, 6.07) is 12.8. The lowest BCUT2D eigenvalue weighted by molar-refractivity contribution is 0.185. The van der Waals surface area contributed by atoms with E-state index in [2.05, 4.69) is 56.4 Å². The van der Waals surface area contributed by atoms with E-state index in [1.54, 1.807) is 7.11 Å². The Labute approximate surface area is 121 Å². The number of ether oxygens (including phenoxy) is 1. The van der Waals surface area contributed by atoms with Crippen molar-refractivity contribution in [2.45, 2.75) is 33.9 Å². The van der Waals surface area contributed by atoms with Crippen LogP contribution in [-0.2, 0) is 17.9 Å². The second kappa shape index (κ2) is 6.58. The van der Waals surface area contributed by atoms with Gasteiger partial charge in [-0.1, -0.05) is 35.9 Å². The van der Waals surface area contributed by atoms with E-state index in [1.807, 2.05) is 6.07 Å². The fraction of sp³-hybridized carbons (Fsp3) is 0.333. The molecule has 0 bridgehead atoms. The highest BCUT2D eigenvalue weighted by molar-refractivity contribution is 5.52. The zero-order valence-corrected chi connectivity index (χ0v) is 12.8. The summed E-state index contributed by atoms with van der Waals surface area (Å²) in [5.74, 6) is 0. The van der Waals surface area contributed by atoms with Gasteiger partial charge in [0.25, 0.3) is 0 Å². The van der Waals surface area contributed by atoms with Gasteiger partial charge >= 0.3 is 0 Å². The first-order valence-corrected chi connectivity index (χ1v) is 6.99. The number of methoxy groups -OCH3 is 1. The van der Waals surface area contributed by atoms with Crippen LogP contribution in [0.5, 0.6) is 0 Å². The van der Waals surface area contributed by atoms with E-state index in [9.17, 15) is 0 Å². The zero-order valence-electron chi connectivity index (χ0n) is 12.8. The predicted molar refractivity (Wildman–Crippen MR) is 85.1 cm³/mol. The number of rotatable bonds is 5. The fourth-order valence-electron chi connectivity index (χ4n) is 2.65. The van der Waals surface area contributed by atoms with Gasteiger partial charge in [-0.3, -0.25) is 0 Å². The molecule has 106 valence electrons. The topological polar surface area (TPSA) is 21.3 Å². The Hall–Kier alpha value is -1.80. The molecule has 0 aliphatic rings. The highest BCUT2D eigenvalue weighted by Gasteiger charge is 2.05. The standard InChI is InChI=1S/C18H23NO/c1-13-9-14(2)17(15(3)10-13)11-19-18-8-6-5-7-16(18)12-20-4/h5-10,19H,11-12H2,1-4H3. The van der Waals surface area contributed by atoms with Gasteiger partial charge < -0.3 is 10.1 Å². The first-order valence-electron chi connectivity index (χ1n) is 6.99. The second-order valence-electron chi connectivity index (χ2n) is 5.32. The van der Waals surface area contributed by atoms with Gasteiger partial charge in [0, 0.05) is 24.9 Å². The van der Waals surface area contributed by atoms with Gasteiger partial charge in [-0.25, -0.2) is 0 Å². The maximum absolute atomic E-state index is 5.24. The van der Waals surface area contributed by atoms with Gasteiger partial charge in [-0.05, 0) is 43.5 Å². The number of benzene rings is 2. The van der Waals surface area contributed by atoms with Crippen molar-refractivity contribution < 1.29 is 4.74 Å². The molecule has 0 fully saturated rings. The number of para-hydroxylation sites is 1. The maximum atomic E-state index is 5.24.